The average molecular weight is 251 g/mol. The third-order valence-electron chi connectivity index (χ3n) is 4.24. The van der Waals surface area contributed by atoms with Gasteiger partial charge in [-0.1, -0.05) is 19.8 Å². The molecule has 1 aromatic rings. The number of oxazole rings is 1. The molecule has 2 rings (SSSR count). The Morgan fingerprint density at radius 3 is 2.83 bits per heavy atom. The van der Waals surface area contributed by atoms with Crippen molar-refractivity contribution in [2.24, 2.45) is 11.7 Å². The number of aryl methyl sites for hydroxylation is 1. The fourth-order valence-electron chi connectivity index (χ4n) is 3.08. The summed E-state index contributed by atoms with van der Waals surface area (Å²) in [5.41, 5.74) is 7.00. The van der Waals surface area contributed by atoms with Crippen LogP contribution < -0.4 is 5.73 Å². The largest absolute Gasteiger partial charge is 0.448 e. The Hall–Kier alpha value is -0.870. The molecule has 0 bridgehead atoms. The molecule has 0 amide bonds. The molecule has 0 saturated heterocycles. The van der Waals surface area contributed by atoms with E-state index in [1.807, 2.05) is 6.92 Å². The first-order valence-corrected chi connectivity index (χ1v) is 7.09. The van der Waals surface area contributed by atoms with Crippen molar-refractivity contribution < 1.29 is 4.42 Å². The van der Waals surface area contributed by atoms with Gasteiger partial charge in [0.2, 0.25) is 0 Å². The van der Waals surface area contributed by atoms with E-state index in [0.717, 1.165) is 31.1 Å². The van der Waals surface area contributed by atoms with Gasteiger partial charge in [-0.3, -0.25) is 4.90 Å². The third-order valence-corrected chi connectivity index (χ3v) is 4.24. The topological polar surface area (TPSA) is 55.3 Å². The summed E-state index contributed by atoms with van der Waals surface area (Å²) >= 11 is 0. The maximum absolute atomic E-state index is 5.93. The van der Waals surface area contributed by atoms with Gasteiger partial charge in [0.25, 0.3) is 0 Å². The Morgan fingerprint density at radius 2 is 2.22 bits per heavy atom. The van der Waals surface area contributed by atoms with Crippen LogP contribution in [-0.2, 0) is 6.54 Å². The maximum atomic E-state index is 5.93. The van der Waals surface area contributed by atoms with Crippen LogP contribution in [0.2, 0.25) is 0 Å². The second-order valence-corrected chi connectivity index (χ2v) is 5.27. The second-order valence-electron chi connectivity index (χ2n) is 5.27. The van der Waals surface area contributed by atoms with Gasteiger partial charge >= 0.3 is 0 Å². The summed E-state index contributed by atoms with van der Waals surface area (Å²) in [6, 6.07) is 0.616. The van der Waals surface area contributed by atoms with Gasteiger partial charge in [0.05, 0.1) is 5.69 Å². The minimum atomic E-state index is 0.616. The molecule has 0 spiro atoms. The van der Waals surface area contributed by atoms with E-state index < -0.39 is 0 Å². The molecule has 18 heavy (non-hydrogen) atoms. The quantitative estimate of drug-likeness (QED) is 0.872. The summed E-state index contributed by atoms with van der Waals surface area (Å²) in [5.74, 6) is 1.58. The van der Waals surface area contributed by atoms with E-state index in [1.165, 1.54) is 25.7 Å². The maximum Gasteiger partial charge on any atom is 0.181 e. The molecule has 2 atom stereocenters. The number of hydrogen-bond donors (Lipinski definition) is 1. The Bertz CT molecular complexity index is 364. The third kappa shape index (κ3) is 2.93. The van der Waals surface area contributed by atoms with E-state index in [1.54, 1.807) is 6.39 Å². The van der Waals surface area contributed by atoms with Crippen molar-refractivity contribution in [3.8, 4) is 0 Å². The molecule has 1 aromatic heterocycles. The first-order chi connectivity index (χ1) is 8.76. The Morgan fingerprint density at radius 1 is 1.44 bits per heavy atom. The highest BCUT2D eigenvalue weighted by Crippen LogP contribution is 2.28. The van der Waals surface area contributed by atoms with Gasteiger partial charge in [0, 0.05) is 12.6 Å². The van der Waals surface area contributed by atoms with E-state index in [-0.39, 0.29) is 0 Å². The number of aromatic nitrogens is 1. The van der Waals surface area contributed by atoms with E-state index in [0.29, 0.717) is 12.0 Å². The molecule has 4 heteroatoms. The lowest BCUT2D eigenvalue weighted by molar-refractivity contribution is 0.104. The molecule has 1 aliphatic carbocycles. The first kappa shape index (κ1) is 13.6. The first-order valence-electron chi connectivity index (χ1n) is 7.09. The molecule has 2 unspecified atom stereocenters. The van der Waals surface area contributed by atoms with Crippen molar-refractivity contribution in [2.45, 2.75) is 52.1 Å². The van der Waals surface area contributed by atoms with Crippen LogP contribution >= 0.6 is 0 Å². The lowest BCUT2D eigenvalue weighted by atomic mass is 9.83. The van der Waals surface area contributed by atoms with Gasteiger partial charge in [-0.2, -0.15) is 0 Å². The smallest absolute Gasteiger partial charge is 0.181 e. The molecule has 2 N–H and O–H groups in total. The van der Waals surface area contributed by atoms with Crippen molar-refractivity contribution in [1.82, 2.24) is 9.88 Å². The number of nitrogens with two attached hydrogens (primary N) is 1. The molecule has 0 aliphatic heterocycles. The van der Waals surface area contributed by atoms with Gasteiger partial charge in [0.15, 0.2) is 6.39 Å². The zero-order valence-electron chi connectivity index (χ0n) is 11.6. The molecule has 1 aliphatic rings. The minimum absolute atomic E-state index is 0.616. The molecule has 0 radical (unpaired) electrons. The number of nitrogens with zero attached hydrogens (tertiary/aromatic N) is 2. The monoisotopic (exact) mass is 251 g/mol. The number of rotatable bonds is 5. The second kappa shape index (κ2) is 6.34. The van der Waals surface area contributed by atoms with Gasteiger partial charge < -0.3 is 10.2 Å². The van der Waals surface area contributed by atoms with Crippen molar-refractivity contribution in [3.63, 3.8) is 0 Å². The van der Waals surface area contributed by atoms with Gasteiger partial charge in [-0.25, -0.2) is 4.98 Å². The lowest BCUT2D eigenvalue weighted by Crippen LogP contribution is -2.44. The summed E-state index contributed by atoms with van der Waals surface area (Å²) in [6.45, 7) is 6.95. The van der Waals surface area contributed by atoms with Crippen molar-refractivity contribution >= 4 is 0 Å². The van der Waals surface area contributed by atoms with Crippen LogP contribution in [0.5, 0.6) is 0 Å². The Balaban J connectivity index is 2.05. The SMILES string of the molecule is CCN(Cc1ncoc1C)C1CCCCC1CN. The van der Waals surface area contributed by atoms with Crippen LogP contribution in [0.15, 0.2) is 10.8 Å². The molecule has 0 aromatic carbocycles. The fraction of sp³-hybridized carbons (Fsp3) is 0.786. The summed E-state index contributed by atoms with van der Waals surface area (Å²) in [4.78, 5) is 6.83. The molecule has 1 saturated carbocycles. The minimum Gasteiger partial charge on any atom is -0.448 e. The molecule has 1 fully saturated rings. The van der Waals surface area contributed by atoms with Gasteiger partial charge in [-0.15, -0.1) is 0 Å². The summed E-state index contributed by atoms with van der Waals surface area (Å²) in [5, 5.41) is 0. The lowest BCUT2D eigenvalue weighted by Gasteiger charge is -2.39. The standard InChI is InChI=1S/C14H25N3O/c1-3-17(9-13-11(2)18-10-16-13)14-7-5-4-6-12(14)8-15/h10,12,14H,3-9,15H2,1-2H3. The van der Waals surface area contributed by atoms with E-state index in [9.17, 15) is 0 Å². The molecule has 4 nitrogen and oxygen atoms in total. The van der Waals surface area contributed by atoms with E-state index in [2.05, 4.69) is 16.8 Å². The fourth-order valence-corrected chi connectivity index (χ4v) is 3.08. The predicted octanol–water partition coefficient (Wildman–Crippen LogP) is 2.32. The summed E-state index contributed by atoms with van der Waals surface area (Å²) in [6.07, 6.45) is 6.75. The highest BCUT2D eigenvalue weighted by atomic mass is 16.3. The van der Waals surface area contributed by atoms with Gasteiger partial charge in [0.1, 0.15) is 5.76 Å². The Kier molecular flexibility index (Phi) is 4.78. The Labute approximate surface area is 110 Å². The van der Waals surface area contributed by atoms with Crippen LogP contribution in [0.1, 0.15) is 44.1 Å². The highest BCUT2D eigenvalue weighted by Gasteiger charge is 2.29. The van der Waals surface area contributed by atoms with Crippen LogP contribution in [0.4, 0.5) is 0 Å². The summed E-state index contributed by atoms with van der Waals surface area (Å²) in [7, 11) is 0. The zero-order chi connectivity index (χ0) is 13.0. The molecular formula is C14H25N3O. The van der Waals surface area contributed by atoms with Gasteiger partial charge in [-0.05, 0) is 38.8 Å². The molecule has 1 heterocycles. The van der Waals surface area contributed by atoms with Crippen molar-refractivity contribution in [3.05, 3.63) is 17.8 Å². The van der Waals surface area contributed by atoms with E-state index in [4.69, 9.17) is 10.2 Å². The zero-order valence-corrected chi connectivity index (χ0v) is 11.6. The average Bonchev–Trinajstić information content (AvgIpc) is 2.81. The molecule has 102 valence electrons. The normalized spacial score (nSPS) is 24.7. The van der Waals surface area contributed by atoms with Crippen molar-refractivity contribution in [1.29, 1.82) is 0 Å². The van der Waals surface area contributed by atoms with Crippen molar-refractivity contribution in [2.75, 3.05) is 13.1 Å². The van der Waals surface area contributed by atoms with Crippen LogP contribution in [0.25, 0.3) is 0 Å². The summed E-state index contributed by atoms with van der Waals surface area (Å²) < 4.78 is 5.29. The van der Waals surface area contributed by atoms with Crippen LogP contribution in [-0.4, -0.2) is 29.0 Å². The van der Waals surface area contributed by atoms with Crippen LogP contribution in [0.3, 0.4) is 0 Å². The number of hydrogen-bond acceptors (Lipinski definition) is 4. The van der Waals surface area contributed by atoms with Crippen LogP contribution in [0, 0.1) is 12.8 Å². The predicted molar refractivity (Wildman–Crippen MR) is 72.1 cm³/mol. The van der Waals surface area contributed by atoms with E-state index >= 15 is 0 Å². The molecular weight excluding hydrogens is 226 g/mol. The highest BCUT2D eigenvalue weighted by molar-refractivity contribution is 5.05.